The highest BCUT2D eigenvalue weighted by Gasteiger charge is 2.26. The third kappa shape index (κ3) is 5.25. The summed E-state index contributed by atoms with van der Waals surface area (Å²) in [5.74, 6) is 4.93. The topological polar surface area (TPSA) is 65.7 Å². The average Bonchev–Trinajstić information content (AvgIpc) is 3.55. The molecule has 2 aromatic carbocycles. The van der Waals surface area contributed by atoms with Crippen LogP contribution in [0.4, 0.5) is 0 Å². The van der Waals surface area contributed by atoms with Crippen molar-refractivity contribution in [2.45, 2.75) is 59.8 Å². The average molecular weight is 515 g/mol. The van der Waals surface area contributed by atoms with Gasteiger partial charge in [-0.25, -0.2) is 0 Å². The predicted octanol–water partition coefficient (Wildman–Crippen LogP) is 7.34. The Kier molecular flexibility index (Phi) is 8.38. The highest BCUT2D eigenvalue weighted by atomic mass is 16.1. The smallest absolute Gasteiger partial charge is 0.187 e. The number of carbonyl (C=O) groups is 2. The van der Waals surface area contributed by atoms with Crippen molar-refractivity contribution < 1.29 is 9.59 Å². The van der Waals surface area contributed by atoms with Crippen LogP contribution in [0.2, 0.25) is 0 Å². The lowest BCUT2D eigenvalue weighted by atomic mass is 9.96. The highest BCUT2D eigenvalue weighted by Crippen LogP contribution is 2.33. The summed E-state index contributed by atoms with van der Waals surface area (Å²) in [5, 5.41) is 0. The molecular formula is C35H34N2O2. The molecule has 2 aromatic heterocycles. The van der Waals surface area contributed by atoms with Gasteiger partial charge >= 0.3 is 0 Å². The molecule has 4 nitrogen and oxygen atoms in total. The zero-order chi connectivity index (χ0) is 28.1. The monoisotopic (exact) mass is 514 g/mol. The molecular weight excluding hydrogens is 480 g/mol. The van der Waals surface area contributed by atoms with Crippen LogP contribution in [0.15, 0.2) is 48.5 Å². The van der Waals surface area contributed by atoms with Gasteiger partial charge in [0.25, 0.3) is 0 Å². The number of nitrogens with one attached hydrogen (secondary N) is 2. The Morgan fingerprint density at radius 2 is 1.03 bits per heavy atom. The summed E-state index contributed by atoms with van der Waals surface area (Å²) < 4.78 is 0. The van der Waals surface area contributed by atoms with Gasteiger partial charge in [0.15, 0.2) is 11.6 Å². The molecule has 0 aliphatic rings. The summed E-state index contributed by atoms with van der Waals surface area (Å²) in [6.45, 7) is 8.22. The van der Waals surface area contributed by atoms with E-state index in [1.54, 1.807) is 0 Å². The fourth-order valence-corrected chi connectivity index (χ4v) is 5.54. The number of terminal acetylenes is 2. The van der Waals surface area contributed by atoms with Crippen LogP contribution in [0, 0.1) is 24.7 Å². The first-order valence-corrected chi connectivity index (χ1v) is 13.6. The Labute approximate surface area is 231 Å². The van der Waals surface area contributed by atoms with Gasteiger partial charge in [0.1, 0.15) is 0 Å². The zero-order valence-corrected chi connectivity index (χ0v) is 23.1. The van der Waals surface area contributed by atoms with Gasteiger partial charge < -0.3 is 9.97 Å². The number of benzene rings is 2. The van der Waals surface area contributed by atoms with Crippen LogP contribution in [-0.4, -0.2) is 21.5 Å². The van der Waals surface area contributed by atoms with E-state index in [1.165, 1.54) is 0 Å². The van der Waals surface area contributed by atoms with Crippen LogP contribution >= 0.6 is 0 Å². The molecule has 196 valence electrons. The van der Waals surface area contributed by atoms with Crippen LogP contribution < -0.4 is 0 Å². The first-order chi connectivity index (χ1) is 18.9. The molecule has 2 N–H and O–H groups in total. The van der Waals surface area contributed by atoms with Crippen molar-refractivity contribution in [3.05, 3.63) is 93.3 Å². The largest absolute Gasteiger partial charge is 0.352 e. The Morgan fingerprint density at radius 3 is 1.36 bits per heavy atom. The van der Waals surface area contributed by atoms with Gasteiger partial charge in [-0.15, -0.1) is 12.8 Å². The van der Waals surface area contributed by atoms with E-state index >= 15 is 0 Å². The second-order valence-electron chi connectivity index (χ2n) is 9.55. The number of aromatic amines is 2. The molecule has 0 bridgehead atoms. The Bertz CT molecular complexity index is 1510. The van der Waals surface area contributed by atoms with Gasteiger partial charge in [-0.3, -0.25) is 9.59 Å². The third-order valence-electron chi connectivity index (χ3n) is 7.36. The molecule has 39 heavy (non-hydrogen) atoms. The van der Waals surface area contributed by atoms with Crippen LogP contribution in [-0.2, 0) is 25.7 Å². The molecule has 2 heterocycles. The summed E-state index contributed by atoms with van der Waals surface area (Å²) in [5.41, 5.74) is 10.3. The molecule has 4 rings (SSSR count). The fourth-order valence-electron chi connectivity index (χ4n) is 5.54. The number of hydrogen-bond donors (Lipinski definition) is 2. The first-order valence-electron chi connectivity index (χ1n) is 13.6. The van der Waals surface area contributed by atoms with Crippen molar-refractivity contribution in [3.8, 4) is 47.2 Å². The minimum Gasteiger partial charge on any atom is -0.352 e. The Hall–Kier alpha value is -4.54. The molecule has 0 atom stereocenters. The number of rotatable bonds is 10. The maximum atomic E-state index is 13.6. The van der Waals surface area contributed by atoms with Gasteiger partial charge in [-0.2, -0.15) is 0 Å². The van der Waals surface area contributed by atoms with Gasteiger partial charge in [0, 0.05) is 22.5 Å². The van der Waals surface area contributed by atoms with Gasteiger partial charge in [0.2, 0.25) is 0 Å². The molecule has 0 spiro atoms. The summed E-state index contributed by atoms with van der Waals surface area (Å²) in [4.78, 5) is 34.0. The third-order valence-corrected chi connectivity index (χ3v) is 7.36. The number of aromatic nitrogens is 2. The second-order valence-corrected chi connectivity index (χ2v) is 9.55. The fraction of sp³-hybridized carbons (Fsp3) is 0.257. The minimum atomic E-state index is -0.221. The van der Waals surface area contributed by atoms with Crippen LogP contribution in [0.5, 0.6) is 0 Å². The maximum Gasteiger partial charge on any atom is 0.187 e. The normalized spacial score (nSPS) is 10.7. The number of H-pyrrole nitrogens is 2. The van der Waals surface area contributed by atoms with Gasteiger partial charge in [-0.05, 0) is 83.3 Å². The van der Waals surface area contributed by atoms with E-state index < -0.39 is 0 Å². The number of ketones is 2. The van der Waals surface area contributed by atoms with Crippen molar-refractivity contribution in [2.24, 2.45) is 0 Å². The van der Waals surface area contributed by atoms with Crippen LogP contribution in [0.25, 0.3) is 22.5 Å². The Balaban J connectivity index is 1.72. The summed E-state index contributed by atoms with van der Waals surface area (Å²) >= 11 is 0. The van der Waals surface area contributed by atoms with E-state index in [0.29, 0.717) is 24.2 Å². The lowest BCUT2D eigenvalue weighted by Gasteiger charge is -2.05. The summed E-state index contributed by atoms with van der Waals surface area (Å²) in [6, 6.07) is 15.5. The van der Waals surface area contributed by atoms with Crippen molar-refractivity contribution in [2.75, 3.05) is 0 Å². The molecule has 0 saturated carbocycles. The van der Waals surface area contributed by atoms with E-state index in [9.17, 15) is 9.59 Å². The number of hydrogen-bond acceptors (Lipinski definition) is 2. The molecule has 0 amide bonds. The molecule has 4 aromatic rings. The molecule has 0 fully saturated rings. The van der Waals surface area contributed by atoms with Crippen LogP contribution in [0.1, 0.15) is 88.5 Å². The number of Topliss-reactive ketones (excluding diaryl/α,β-unsaturated/α-hetero) is 2. The minimum absolute atomic E-state index is 0.212. The van der Waals surface area contributed by atoms with E-state index in [2.05, 4.69) is 35.7 Å². The summed E-state index contributed by atoms with van der Waals surface area (Å²) in [7, 11) is 0. The maximum absolute atomic E-state index is 13.6. The van der Waals surface area contributed by atoms with E-state index in [-0.39, 0.29) is 18.0 Å². The van der Waals surface area contributed by atoms with Crippen molar-refractivity contribution in [3.63, 3.8) is 0 Å². The zero-order valence-electron chi connectivity index (χ0n) is 23.1. The van der Waals surface area contributed by atoms with Gasteiger partial charge in [-0.1, -0.05) is 63.8 Å². The SMILES string of the molecule is C#Cc1cccc(-c2[nH]c(C(=O)CC(=O)c3[nH]c(-c4cccc(C#C)c4)c(CC)c3CC)c(CC)c2CC)c1. The Morgan fingerprint density at radius 1 is 0.641 bits per heavy atom. The second kappa shape index (κ2) is 11.9. The summed E-state index contributed by atoms with van der Waals surface area (Å²) in [6.07, 6.45) is 13.9. The van der Waals surface area contributed by atoms with Crippen molar-refractivity contribution >= 4 is 11.6 Å². The molecule has 0 aliphatic carbocycles. The van der Waals surface area contributed by atoms with E-state index in [4.69, 9.17) is 12.8 Å². The quantitative estimate of drug-likeness (QED) is 0.132. The van der Waals surface area contributed by atoms with Crippen molar-refractivity contribution in [1.82, 2.24) is 9.97 Å². The first kappa shape index (κ1) is 27.5. The molecule has 4 heteroatoms. The standard InChI is InChI=1S/C35H34N2O2/c1-7-22-15-13-17-24(19-22)32-26(9-3)28(11-5)34(36-32)30(38)21-31(39)35-29(12-6)27(10-4)33(37-35)25-18-14-16-23(8-2)20-25/h1-2,13-20,36-37H,9-12,21H2,3-6H3. The van der Waals surface area contributed by atoms with Gasteiger partial charge in [0.05, 0.1) is 17.8 Å². The highest BCUT2D eigenvalue weighted by molar-refractivity contribution is 6.14. The van der Waals surface area contributed by atoms with Crippen LogP contribution in [0.3, 0.4) is 0 Å². The molecule has 0 saturated heterocycles. The van der Waals surface area contributed by atoms with E-state index in [1.807, 2.05) is 62.4 Å². The van der Waals surface area contributed by atoms with Crippen molar-refractivity contribution in [1.29, 1.82) is 0 Å². The molecule has 0 aliphatic heterocycles. The lowest BCUT2D eigenvalue weighted by Crippen LogP contribution is -2.12. The lowest BCUT2D eigenvalue weighted by molar-refractivity contribution is 0.0888. The molecule has 0 unspecified atom stereocenters. The molecule has 0 radical (unpaired) electrons. The van der Waals surface area contributed by atoms with E-state index in [0.717, 1.165) is 68.7 Å². The predicted molar refractivity (Wildman–Crippen MR) is 159 cm³/mol. The number of carbonyl (C=O) groups excluding carboxylic acids is 2.